The van der Waals surface area contributed by atoms with Gasteiger partial charge in [0.1, 0.15) is 11.6 Å². The Morgan fingerprint density at radius 2 is 2.00 bits per heavy atom. The van der Waals surface area contributed by atoms with Gasteiger partial charge in [-0.05, 0) is 6.92 Å². The van der Waals surface area contributed by atoms with E-state index in [0.717, 1.165) is 31.2 Å². The lowest BCUT2D eigenvalue weighted by molar-refractivity contribution is 0.00865. The molecular formula is C11H17N5. The number of hydrogen-bond acceptors (Lipinski definition) is 5. The number of nitrogens with two attached hydrogens (primary N) is 1. The maximum absolute atomic E-state index is 5.78. The number of hydrogen-bond donors (Lipinski definition) is 1. The minimum absolute atomic E-state index is 0.338. The van der Waals surface area contributed by atoms with Crippen LogP contribution < -0.4 is 5.73 Å². The highest BCUT2D eigenvalue weighted by Gasteiger charge is 2.34. The van der Waals surface area contributed by atoms with Gasteiger partial charge in [-0.1, -0.05) is 0 Å². The first kappa shape index (κ1) is 9.99. The van der Waals surface area contributed by atoms with Gasteiger partial charge in [-0.25, -0.2) is 9.97 Å². The van der Waals surface area contributed by atoms with Gasteiger partial charge in [0.2, 0.25) is 0 Å². The Hall–Kier alpha value is -1.20. The standard InChI is InChI=1S/C11H17N5/c1-8-6-10(12)14-11(13-8)9-7-15-2-4-16(9)5-3-15/h6,9H,2-5,7H2,1H3,(H2,12,13,14). The number of nitrogen functional groups attached to an aromatic ring is 1. The molecule has 0 aliphatic carbocycles. The smallest absolute Gasteiger partial charge is 0.149 e. The molecular weight excluding hydrogens is 202 g/mol. The van der Waals surface area contributed by atoms with Gasteiger partial charge >= 0.3 is 0 Å². The number of anilines is 1. The zero-order valence-corrected chi connectivity index (χ0v) is 9.56. The summed E-state index contributed by atoms with van der Waals surface area (Å²) in [4.78, 5) is 13.8. The van der Waals surface area contributed by atoms with Crippen molar-refractivity contribution in [2.45, 2.75) is 13.0 Å². The van der Waals surface area contributed by atoms with E-state index >= 15 is 0 Å². The first-order valence-electron chi connectivity index (χ1n) is 5.80. The van der Waals surface area contributed by atoms with Crippen LogP contribution in [0.4, 0.5) is 5.82 Å². The van der Waals surface area contributed by atoms with Crippen LogP contribution in [0.5, 0.6) is 0 Å². The molecule has 5 heteroatoms. The van der Waals surface area contributed by atoms with Crippen molar-refractivity contribution in [1.29, 1.82) is 0 Å². The number of rotatable bonds is 1. The highest BCUT2D eigenvalue weighted by atomic mass is 15.4. The molecule has 3 aliphatic heterocycles. The second-order valence-corrected chi connectivity index (χ2v) is 4.64. The summed E-state index contributed by atoms with van der Waals surface area (Å²) >= 11 is 0. The molecule has 0 radical (unpaired) electrons. The average molecular weight is 219 g/mol. The summed E-state index contributed by atoms with van der Waals surface area (Å²) in [5, 5.41) is 0. The quantitative estimate of drug-likeness (QED) is 0.722. The summed E-state index contributed by atoms with van der Waals surface area (Å²) in [7, 11) is 0. The molecule has 1 aromatic rings. The van der Waals surface area contributed by atoms with E-state index in [0.29, 0.717) is 11.9 Å². The number of nitrogens with zero attached hydrogens (tertiary/aromatic N) is 4. The molecule has 0 amide bonds. The lowest BCUT2D eigenvalue weighted by Crippen LogP contribution is -2.57. The minimum Gasteiger partial charge on any atom is -0.384 e. The van der Waals surface area contributed by atoms with Gasteiger partial charge < -0.3 is 5.73 Å². The van der Waals surface area contributed by atoms with Crippen LogP contribution in [0, 0.1) is 6.92 Å². The first-order chi connectivity index (χ1) is 7.72. The molecule has 0 spiro atoms. The van der Waals surface area contributed by atoms with Crippen LogP contribution in [0.1, 0.15) is 17.6 Å². The van der Waals surface area contributed by atoms with Crippen molar-refractivity contribution >= 4 is 5.82 Å². The number of fused-ring (bicyclic) bond motifs is 3. The molecule has 0 aromatic carbocycles. The van der Waals surface area contributed by atoms with Gasteiger partial charge in [0.05, 0.1) is 6.04 Å². The van der Waals surface area contributed by atoms with E-state index < -0.39 is 0 Å². The van der Waals surface area contributed by atoms with Crippen LogP contribution in [-0.2, 0) is 0 Å². The van der Waals surface area contributed by atoms with Gasteiger partial charge in [0.25, 0.3) is 0 Å². The third kappa shape index (κ3) is 1.66. The summed E-state index contributed by atoms with van der Waals surface area (Å²) in [6.45, 7) is 7.63. The van der Waals surface area contributed by atoms with Crippen molar-refractivity contribution in [3.05, 3.63) is 17.6 Å². The van der Waals surface area contributed by atoms with Crippen LogP contribution in [0.15, 0.2) is 6.07 Å². The maximum Gasteiger partial charge on any atom is 0.149 e. The normalized spacial score (nSPS) is 32.9. The minimum atomic E-state index is 0.338. The van der Waals surface area contributed by atoms with Gasteiger partial charge in [0, 0.05) is 44.5 Å². The number of aryl methyl sites for hydroxylation is 1. The van der Waals surface area contributed by atoms with Crippen LogP contribution in [0.25, 0.3) is 0 Å². The molecule has 3 fully saturated rings. The van der Waals surface area contributed by atoms with Gasteiger partial charge in [-0.3, -0.25) is 9.80 Å². The SMILES string of the molecule is Cc1cc(N)nc(C2CN3CCN2CC3)n1. The van der Waals surface area contributed by atoms with E-state index in [2.05, 4.69) is 19.8 Å². The van der Waals surface area contributed by atoms with Crippen molar-refractivity contribution in [3.8, 4) is 0 Å². The Kier molecular flexibility index (Phi) is 2.29. The predicted octanol–water partition coefficient (Wildman–Crippen LogP) is 0.0395. The lowest BCUT2D eigenvalue weighted by Gasteiger charge is -2.46. The monoisotopic (exact) mass is 219 g/mol. The molecule has 0 saturated carbocycles. The Morgan fingerprint density at radius 1 is 1.25 bits per heavy atom. The Bertz CT molecular complexity index is 377. The van der Waals surface area contributed by atoms with Crippen molar-refractivity contribution in [2.75, 3.05) is 38.5 Å². The maximum atomic E-state index is 5.78. The van der Waals surface area contributed by atoms with E-state index in [-0.39, 0.29) is 0 Å². The van der Waals surface area contributed by atoms with Crippen molar-refractivity contribution in [1.82, 2.24) is 19.8 Å². The van der Waals surface area contributed by atoms with Gasteiger partial charge in [-0.2, -0.15) is 0 Å². The van der Waals surface area contributed by atoms with E-state index in [1.807, 2.05) is 13.0 Å². The molecule has 1 aromatic heterocycles. The molecule has 3 aliphatic rings. The topological polar surface area (TPSA) is 58.3 Å². The number of piperazine rings is 3. The van der Waals surface area contributed by atoms with Crippen LogP contribution in [0.2, 0.25) is 0 Å². The largest absolute Gasteiger partial charge is 0.384 e. The molecule has 86 valence electrons. The third-order valence-electron chi connectivity index (χ3n) is 3.47. The summed E-state index contributed by atoms with van der Waals surface area (Å²) in [6, 6.07) is 2.16. The molecule has 1 unspecified atom stereocenters. The van der Waals surface area contributed by atoms with Crippen LogP contribution in [-0.4, -0.2) is 52.5 Å². The average Bonchev–Trinajstić information content (AvgIpc) is 2.29. The molecule has 1 atom stereocenters. The van der Waals surface area contributed by atoms with E-state index in [9.17, 15) is 0 Å². The first-order valence-corrected chi connectivity index (χ1v) is 5.80. The van der Waals surface area contributed by atoms with E-state index in [4.69, 9.17) is 5.73 Å². The summed E-state index contributed by atoms with van der Waals surface area (Å²) in [5.41, 5.74) is 6.74. The fourth-order valence-corrected chi connectivity index (χ4v) is 2.63. The number of aromatic nitrogens is 2. The Labute approximate surface area is 95.3 Å². The lowest BCUT2D eigenvalue weighted by atomic mass is 10.1. The zero-order valence-electron chi connectivity index (χ0n) is 9.56. The Morgan fingerprint density at radius 3 is 2.56 bits per heavy atom. The van der Waals surface area contributed by atoms with Crippen LogP contribution in [0.3, 0.4) is 0 Å². The fraction of sp³-hybridized carbons (Fsp3) is 0.636. The summed E-state index contributed by atoms with van der Waals surface area (Å²) < 4.78 is 0. The van der Waals surface area contributed by atoms with Crippen molar-refractivity contribution in [2.24, 2.45) is 0 Å². The van der Waals surface area contributed by atoms with Gasteiger partial charge in [0.15, 0.2) is 0 Å². The molecule has 4 heterocycles. The molecule has 5 nitrogen and oxygen atoms in total. The van der Waals surface area contributed by atoms with Crippen molar-refractivity contribution < 1.29 is 0 Å². The molecule has 4 rings (SSSR count). The summed E-state index contributed by atoms with van der Waals surface area (Å²) in [5.74, 6) is 1.47. The fourth-order valence-electron chi connectivity index (χ4n) is 2.63. The highest BCUT2D eigenvalue weighted by Crippen LogP contribution is 2.26. The summed E-state index contributed by atoms with van der Waals surface area (Å²) in [6.07, 6.45) is 0. The molecule has 2 bridgehead atoms. The predicted molar refractivity (Wildman–Crippen MR) is 61.9 cm³/mol. The zero-order chi connectivity index (χ0) is 11.1. The van der Waals surface area contributed by atoms with Gasteiger partial charge in [-0.15, -0.1) is 0 Å². The second-order valence-electron chi connectivity index (χ2n) is 4.64. The highest BCUT2D eigenvalue weighted by molar-refractivity contribution is 5.30. The molecule has 3 saturated heterocycles. The van der Waals surface area contributed by atoms with Crippen molar-refractivity contribution in [3.63, 3.8) is 0 Å². The van der Waals surface area contributed by atoms with Crippen LogP contribution >= 0.6 is 0 Å². The second kappa shape index (κ2) is 3.68. The molecule has 16 heavy (non-hydrogen) atoms. The third-order valence-corrected chi connectivity index (χ3v) is 3.47. The van der Waals surface area contributed by atoms with E-state index in [1.165, 1.54) is 13.1 Å². The molecule has 2 N–H and O–H groups in total. The van der Waals surface area contributed by atoms with E-state index in [1.54, 1.807) is 0 Å². The Balaban J connectivity index is 1.91.